The van der Waals surface area contributed by atoms with Crippen LogP contribution in [0, 0.1) is 0 Å². The van der Waals surface area contributed by atoms with Crippen LogP contribution in [0.2, 0.25) is 0 Å². The first kappa shape index (κ1) is 24.0. The molecule has 1 aromatic carbocycles. The zero-order chi connectivity index (χ0) is 23.1. The molecule has 0 unspecified atom stereocenters. The summed E-state index contributed by atoms with van der Waals surface area (Å²) in [6.07, 6.45) is 7.02. The van der Waals surface area contributed by atoms with Gasteiger partial charge in [-0.1, -0.05) is 60.3 Å². The number of nitrogens with zero attached hydrogens (tertiary/aromatic N) is 2. The van der Waals surface area contributed by atoms with Crippen molar-refractivity contribution in [3.8, 4) is 0 Å². The third kappa shape index (κ3) is 4.21. The Labute approximate surface area is 201 Å². The number of benzene rings is 1. The zero-order valence-electron chi connectivity index (χ0n) is 20.2. The van der Waals surface area contributed by atoms with Crippen LogP contribution in [0.25, 0.3) is 0 Å². The molecular formula is C25H36BBrN2O3. The van der Waals surface area contributed by atoms with Crippen molar-refractivity contribution >= 4 is 40.3 Å². The normalized spacial score (nSPS) is 23.4. The molecule has 1 spiro atoms. The van der Waals surface area contributed by atoms with Crippen molar-refractivity contribution in [2.24, 2.45) is 4.99 Å². The summed E-state index contributed by atoms with van der Waals surface area (Å²) in [6, 6.07) is 6.39. The summed E-state index contributed by atoms with van der Waals surface area (Å²) >= 11 is 3.65. The fraction of sp³-hybridized carbons (Fsp3) is 0.680. The number of aliphatic imine (C=N–C) groups is 1. The van der Waals surface area contributed by atoms with Gasteiger partial charge < -0.3 is 9.31 Å². The van der Waals surface area contributed by atoms with Crippen molar-refractivity contribution in [1.29, 1.82) is 0 Å². The number of unbranched alkanes of at least 4 members (excludes halogenated alkanes) is 1. The van der Waals surface area contributed by atoms with Gasteiger partial charge in [0, 0.05) is 11.8 Å². The van der Waals surface area contributed by atoms with Gasteiger partial charge in [0.15, 0.2) is 0 Å². The van der Waals surface area contributed by atoms with Gasteiger partial charge in [0.1, 0.15) is 11.4 Å². The average Bonchev–Trinajstić information content (AvgIpc) is 3.38. The molecule has 0 atom stereocenters. The van der Waals surface area contributed by atoms with E-state index in [0.29, 0.717) is 11.9 Å². The van der Waals surface area contributed by atoms with E-state index in [1.54, 1.807) is 0 Å². The van der Waals surface area contributed by atoms with E-state index in [-0.39, 0.29) is 17.1 Å². The summed E-state index contributed by atoms with van der Waals surface area (Å²) < 4.78 is 12.6. The van der Waals surface area contributed by atoms with Crippen LogP contribution in [0.4, 0.5) is 0 Å². The lowest BCUT2D eigenvalue weighted by Gasteiger charge is -2.32. The van der Waals surface area contributed by atoms with Crippen LogP contribution < -0.4 is 5.46 Å². The third-order valence-electron chi connectivity index (χ3n) is 7.68. The number of hydrogen-bond acceptors (Lipinski definition) is 4. The first-order valence-electron chi connectivity index (χ1n) is 12.1. The van der Waals surface area contributed by atoms with E-state index in [1.165, 1.54) is 0 Å². The second-order valence-corrected chi connectivity index (χ2v) is 11.1. The highest BCUT2D eigenvalue weighted by Gasteiger charge is 2.52. The van der Waals surface area contributed by atoms with E-state index >= 15 is 0 Å². The van der Waals surface area contributed by atoms with Crippen LogP contribution in [0.3, 0.4) is 0 Å². The molecule has 0 aromatic heterocycles. The molecule has 5 nitrogen and oxygen atoms in total. The zero-order valence-corrected chi connectivity index (χ0v) is 21.8. The molecule has 1 amide bonds. The Morgan fingerprint density at radius 1 is 1.12 bits per heavy atom. The van der Waals surface area contributed by atoms with E-state index in [9.17, 15) is 4.79 Å². The molecule has 2 heterocycles. The summed E-state index contributed by atoms with van der Waals surface area (Å²) in [7, 11) is -0.390. The molecule has 1 aliphatic carbocycles. The van der Waals surface area contributed by atoms with Gasteiger partial charge in [-0.25, -0.2) is 0 Å². The summed E-state index contributed by atoms with van der Waals surface area (Å²) in [6.45, 7) is 11.1. The maximum absolute atomic E-state index is 13.4. The summed E-state index contributed by atoms with van der Waals surface area (Å²) in [4.78, 5) is 20.4. The van der Waals surface area contributed by atoms with Gasteiger partial charge in [0.05, 0.1) is 17.7 Å². The predicted molar refractivity (Wildman–Crippen MR) is 133 cm³/mol. The van der Waals surface area contributed by atoms with E-state index in [1.807, 2.05) is 4.90 Å². The molecule has 1 saturated heterocycles. The highest BCUT2D eigenvalue weighted by Crippen LogP contribution is 2.40. The molecule has 7 heteroatoms. The number of rotatable bonds is 7. The number of halogens is 1. The van der Waals surface area contributed by atoms with Crippen molar-refractivity contribution in [3.05, 3.63) is 29.3 Å². The molecule has 4 rings (SSSR count). The fourth-order valence-corrected chi connectivity index (χ4v) is 5.44. The highest BCUT2D eigenvalue weighted by atomic mass is 79.9. The van der Waals surface area contributed by atoms with Gasteiger partial charge in [-0.3, -0.25) is 14.7 Å². The van der Waals surface area contributed by atoms with Crippen molar-refractivity contribution in [2.75, 3.05) is 0 Å². The molecule has 2 aliphatic heterocycles. The Hall–Kier alpha value is -1.18. The molecule has 0 N–H and O–H groups in total. The van der Waals surface area contributed by atoms with Gasteiger partial charge in [0.2, 0.25) is 0 Å². The lowest BCUT2D eigenvalue weighted by molar-refractivity contribution is -0.131. The number of hydrogen-bond donors (Lipinski definition) is 0. The Bertz CT molecular complexity index is 892. The third-order valence-corrected chi connectivity index (χ3v) is 8.29. The van der Waals surface area contributed by atoms with Gasteiger partial charge in [-0.15, -0.1) is 0 Å². The molecule has 0 radical (unpaired) electrons. The van der Waals surface area contributed by atoms with Crippen LogP contribution in [-0.2, 0) is 26.0 Å². The van der Waals surface area contributed by atoms with Crippen molar-refractivity contribution in [3.63, 3.8) is 0 Å². The Morgan fingerprint density at radius 2 is 1.78 bits per heavy atom. The van der Waals surface area contributed by atoms with Crippen LogP contribution >= 0.6 is 15.9 Å². The lowest BCUT2D eigenvalue weighted by Crippen LogP contribution is -2.41. The minimum absolute atomic E-state index is 0.205. The second-order valence-electron chi connectivity index (χ2n) is 10.5. The van der Waals surface area contributed by atoms with E-state index in [0.717, 1.165) is 67.4 Å². The maximum atomic E-state index is 13.4. The van der Waals surface area contributed by atoms with Crippen LogP contribution in [0.5, 0.6) is 0 Å². The van der Waals surface area contributed by atoms with Crippen LogP contribution in [-0.4, -0.2) is 40.5 Å². The van der Waals surface area contributed by atoms with Crippen LogP contribution in [0.15, 0.2) is 23.2 Å². The van der Waals surface area contributed by atoms with Crippen molar-refractivity contribution in [2.45, 2.75) is 108 Å². The number of amidine groups is 1. The molecule has 2 fully saturated rings. The quantitative estimate of drug-likeness (QED) is 0.383. The summed E-state index contributed by atoms with van der Waals surface area (Å²) in [5, 5.41) is 0.703. The first-order chi connectivity index (χ1) is 15.1. The van der Waals surface area contributed by atoms with E-state index < -0.39 is 12.7 Å². The Balaban J connectivity index is 1.57. The molecular weight excluding hydrogens is 467 g/mol. The number of carbonyl (C=O) groups excluding carboxylic acids is 1. The predicted octanol–water partition coefficient (Wildman–Crippen LogP) is 5.12. The van der Waals surface area contributed by atoms with Gasteiger partial charge in [-0.05, 0) is 63.5 Å². The van der Waals surface area contributed by atoms with Gasteiger partial charge >= 0.3 is 7.12 Å². The van der Waals surface area contributed by atoms with Gasteiger partial charge in [-0.2, -0.15) is 0 Å². The fourth-order valence-electron chi connectivity index (χ4n) is 4.95. The Kier molecular flexibility index (Phi) is 6.65. The highest BCUT2D eigenvalue weighted by molar-refractivity contribution is 9.08. The summed E-state index contributed by atoms with van der Waals surface area (Å²) in [5.41, 5.74) is 2.07. The van der Waals surface area contributed by atoms with Crippen LogP contribution in [0.1, 0.15) is 90.7 Å². The first-order valence-corrected chi connectivity index (χ1v) is 13.2. The topological polar surface area (TPSA) is 51.1 Å². The monoisotopic (exact) mass is 502 g/mol. The largest absolute Gasteiger partial charge is 0.495 e. The van der Waals surface area contributed by atoms with Crippen molar-refractivity contribution in [1.82, 2.24) is 4.90 Å². The molecule has 1 saturated carbocycles. The standard InChI is InChI=1S/C25H36BBrN2O3/c1-6-7-10-21-28-25(13-8-9-14-25)22(30)29(21)17-18-11-12-20(19(15-18)16-27)26-31-23(2,3)24(4,5)32-26/h11-12,15H,6-10,13-14,16-17H2,1-5H3. The molecule has 174 valence electrons. The molecule has 3 aliphatic rings. The number of amides is 1. The molecule has 1 aromatic rings. The minimum Gasteiger partial charge on any atom is -0.399 e. The second kappa shape index (κ2) is 8.88. The average molecular weight is 503 g/mol. The summed E-state index contributed by atoms with van der Waals surface area (Å²) in [5.74, 6) is 1.19. The number of alkyl halides is 1. The SMILES string of the molecule is CCCCC1=NC2(CCCC2)C(=O)N1Cc1ccc(B2OC(C)(C)C(C)(C)O2)c(CBr)c1. The van der Waals surface area contributed by atoms with E-state index in [4.69, 9.17) is 14.3 Å². The smallest absolute Gasteiger partial charge is 0.399 e. The molecule has 32 heavy (non-hydrogen) atoms. The Morgan fingerprint density at radius 3 is 2.38 bits per heavy atom. The van der Waals surface area contributed by atoms with Gasteiger partial charge in [0.25, 0.3) is 5.91 Å². The van der Waals surface area contributed by atoms with Crippen molar-refractivity contribution < 1.29 is 14.1 Å². The minimum atomic E-state index is -0.482. The number of carbonyl (C=O) groups is 1. The lowest BCUT2D eigenvalue weighted by atomic mass is 9.76. The molecule has 0 bridgehead atoms. The maximum Gasteiger partial charge on any atom is 0.495 e. The van der Waals surface area contributed by atoms with E-state index in [2.05, 4.69) is 68.7 Å².